The Morgan fingerprint density at radius 3 is 1.48 bits per heavy atom. The number of ether oxygens (including phenoxy) is 2. The van der Waals surface area contributed by atoms with Crippen LogP contribution in [-0.2, 0) is 19.8 Å². The standard InChI is InChI=1S/C50H54N2O2.2ClH/c1-2-3-23-49(51-44-32-34-52(35-33-44)36-39-15-7-4-8-16-39)47-21-13-14-22-48(47)50(42-24-28-45(29-25-42)53-37-40-17-9-5-10-18-40)43-26-30-46(31-27-43)54-38-41-19-11-6-12-20-41;;/h4-22,24-31,44,49-51H,2-3,23,32-38H2,1H3;2*1H. The Morgan fingerprint density at radius 1 is 0.554 bits per heavy atom. The van der Waals surface area contributed by atoms with Crippen LogP contribution in [0.5, 0.6) is 11.5 Å². The molecule has 0 aliphatic carbocycles. The molecule has 1 atom stereocenters. The van der Waals surface area contributed by atoms with Gasteiger partial charge in [0.05, 0.1) is 0 Å². The average molecular weight is 788 g/mol. The molecule has 1 unspecified atom stereocenters. The first-order chi connectivity index (χ1) is 26.7. The van der Waals surface area contributed by atoms with E-state index < -0.39 is 0 Å². The molecule has 0 radical (unpaired) electrons. The average Bonchev–Trinajstić information content (AvgIpc) is 3.24. The van der Waals surface area contributed by atoms with Gasteiger partial charge in [0.1, 0.15) is 24.7 Å². The fraction of sp³-hybridized carbons (Fsp3) is 0.280. The molecule has 1 saturated heterocycles. The van der Waals surface area contributed by atoms with Gasteiger partial charge in [0.15, 0.2) is 0 Å². The summed E-state index contributed by atoms with van der Waals surface area (Å²) in [6.07, 6.45) is 5.80. The number of rotatable bonds is 17. The topological polar surface area (TPSA) is 33.7 Å². The highest BCUT2D eigenvalue weighted by Gasteiger charge is 2.27. The molecule has 1 fully saturated rings. The van der Waals surface area contributed by atoms with Crippen molar-refractivity contribution in [1.82, 2.24) is 10.2 Å². The maximum atomic E-state index is 6.22. The van der Waals surface area contributed by atoms with Gasteiger partial charge in [-0.25, -0.2) is 0 Å². The van der Waals surface area contributed by atoms with Gasteiger partial charge in [-0.3, -0.25) is 4.90 Å². The molecule has 4 nitrogen and oxygen atoms in total. The first kappa shape index (κ1) is 42.6. The van der Waals surface area contributed by atoms with Crippen LogP contribution in [0.1, 0.15) is 89.9 Å². The Labute approximate surface area is 347 Å². The van der Waals surface area contributed by atoms with E-state index in [1.807, 2.05) is 12.1 Å². The van der Waals surface area contributed by atoms with Crippen molar-refractivity contribution in [3.05, 3.63) is 203 Å². The molecule has 56 heavy (non-hydrogen) atoms. The van der Waals surface area contributed by atoms with Crippen LogP contribution in [0.15, 0.2) is 164 Å². The number of nitrogens with one attached hydrogen (secondary N) is 1. The van der Waals surface area contributed by atoms with E-state index in [0.717, 1.165) is 61.5 Å². The molecule has 1 aliphatic heterocycles. The molecule has 0 saturated carbocycles. The van der Waals surface area contributed by atoms with Crippen LogP contribution in [0.3, 0.4) is 0 Å². The van der Waals surface area contributed by atoms with Crippen molar-refractivity contribution < 1.29 is 9.47 Å². The monoisotopic (exact) mass is 786 g/mol. The fourth-order valence-electron chi connectivity index (χ4n) is 7.76. The third-order valence-corrected chi connectivity index (χ3v) is 10.7. The second-order valence-corrected chi connectivity index (χ2v) is 14.6. The molecule has 1 aliphatic rings. The zero-order chi connectivity index (χ0) is 36.8. The molecule has 6 aromatic carbocycles. The fourth-order valence-corrected chi connectivity index (χ4v) is 7.76. The van der Waals surface area contributed by atoms with E-state index in [-0.39, 0.29) is 36.8 Å². The number of hydrogen-bond acceptors (Lipinski definition) is 4. The molecule has 292 valence electrons. The maximum Gasteiger partial charge on any atom is 0.119 e. The van der Waals surface area contributed by atoms with Crippen LogP contribution in [0.4, 0.5) is 0 Å². The van der Waals surface area contributed by atoms with Gasteiger partial charge >= 0.3 is 0 Å². The first-order valence-electron chi connectivity index (χ1n) is 19.9. The molecule has 0 spiro atoms. The lowest BCUT2D eigenvalue weighted by molar-refractivity contribution is 0.182. The molecule has 1 heterocycles. The summed E-state index contributed by atoms with van der Waals surface area (Å²) in [7, 11) is 0. The van der Waals surface area contributed by atoms with Gasteiger partial charge in [-0.05, 0) is 95.6 Å². The van der Waals surface area contributed by atoms with Crippen LogP contribution >= 0.6 is 24.8 Å². The molecular formula is C50H56Cl2N2O2. The van der Waals surface area contributed by atoms with Gasteiger partial charge < -0.3 is 14.8 Å². The summed E-state index contributed by atoms with van der Waals surface area (Å²) in [5, 5.41) is 4.21. The zero-order valence-corrected chi connectivity index (χ0v) is 34.1. The number of halogens is 2. The third kappa shape index (κ3) is 12.0. The second-order valence-electron chi connectivity index (χ2n) is 14.6. The van der Waals surface area contributed by atoms with Crippen LogP contribution in [0, 0.1) is 0 Å². The van der Waals surface area contributed by atoms with Crippen molar-refractivity contribution in [1.29, 1.82) is 0 Å². The summed E-state index contributed by atoms with van der Waals surface area (Å²) >= 11 is 0. The van der Waals surface area contributed by atoms with Gasteiger partial charge in [0.2, 0.25) is 0 Å². The minimum Gasteiger partial charge on any atom is -0.489 e. The van der Waals surface area contributed by atoms with Crippen LogP contribution in [0.2, 0.25) is 0 Å². The summed E-state index contributed by atoms with van der Waals surface area (Å²) < 4.78 is 12.4. The van der Waals surface area contributed by atoms with Crippen LogP contribution in [-0.4, -0.2) is 24.0 Å². The predicted molar refractivity (Wildman–Crippen MR) is 236 cm³/mol. The van der Waals surface area contributed by atoms with Crippen molar-refractivity contribution in [3.63, 3.8) is 0 Å². The quantitative estimate of drug-likeness (QED) is 0.0934. The van der Waals surface area contributed by atoms with Gasteiger partial charge in [-0.2, -0.15) is 0 Å². The van der Waals surface area contributed by atoms with Crippen molar-refractivity contribution in [2.45, 2.75) is 76.8 Å². The summed E-state index contributed by atoms with van der Waals surface area (Å²) in [5.41, 5.74) is 8.97. The van der Waals surface area contributed by atoms with E-state index in [1.54, 1.807) is 0 Å². The largest absolute Gasteiger partial charge is 0.489 e. The number of piperidine rings is 1. The summed E-state index contributed by atoms with van der Waals surface area (Å²) in [5.74, 6) is 1.80. The van der Waals surface area contributed by atoms with Crippen LogP contribution < -0.4 is 14.8 Å². The Morgan fingerprint density at radius 2 is 1.00 bits per heavy atom. The maximum absolute atomic E-state index is 6.22. The highest BCUT2D eigenvalue weighted by Crippen LogP contribution is 2.39. The summed E-state index contributed by atoms with van der Waals surface area (Å²) in [6, 6.07) is 59.0. The minimum absolute atomic E-state index is 0. The molecule has 7 rings (SSSR count). The van der Waals surface area contributed by atoms with E-state index in [4.69, 9.17) is 9.47 Å². The lowest BCUT2D eigenvalue weighted by Crippen LogP contribution is -2.43. The first-order valence-corrected chi connectivity index (χ1v) is 19.9. The van der Waals surface area contributed by atoms with Gasteiger partial charge in [-0.1, -0.05) is 159 Å². The van der Waals surface area contributed by atoms with E-state index >= 15 is 0 Å². The molecule has 6 aromatic rings. The Kier molecular flexibility index (Phi) is 16.9. The zero-order valence-electron chi connectivity index (χ0n) is 32.5. The highest BCUT2D eigenvalue weighted by molar-refractivity contribution is 5.85. The lowest BCUT2D eigenvalue weighted by atomic mass is 9.80. The number of benzene rings is 6. The second kappa shape index (κ2) is 22.2. The highest BCUT2D eigenvalue weighted by atomic mass is 35.5. The van der Waals surface area contributed by atoms with Crippen molar-refractivity contribution in [2.75, 3.05) is 13.1 Å². The molecule has 0 amide bonds. The Balaban J connectivity index is 0.00000300. The normalized spacial score (nSPS) is 13.7. The van der Waals surface area contributed by atoms with Crippen molar-refractivity contribution in [2.24, 2.45) is 0 Å². The molecule has 6 heteroatoms. The molecule has 0 aromatic heterocycles. The van der Waals surface area contributed by atoms with E-state index in [2.05, 4.69) is 169 Å². The van der Waals surface area contributed by atoms with Crippen molar-refractivity contribution >= 4 is 24.8 Å². The summed E-state index contributed by atoms with van der Waals surface area (Å²) in [4.78, 5) is 2.61. The van der Waals surface area contributed by atoms with Gasteiger partial charge in [0.25, 0.3) is 0 Å². The van der Waals surface area contributed by atoms with E-state index in [9.17, 15) is 0 Å². The minimum atomic E-state index is 0. The molecule has 1 N–H and O–H groups in total. The summed E-state index contributed by atoms with van der Waals surface area (Å²) in [6.45, 7) is 6.67. The lowest BCUT2D eigenvalue weighted by Gasteiger charge is -2.36. The van der Waals surface area contributed by atoms with Gasteiger partial charge in [-0.15, -0.1) is 24.8 Å². The van der Waals surface area contributed by atoms with Crippen molar-refractivity contribution in [3.8, 4) is 11.5 Å². The SMILES string of the molecule is CCCCC(NC1CCN(Cc2ccccc2)CC1)c1ccccc1C(c1ccc(OCc2ccccc2)cc1)c1ccc(OCc2ccccc2)cc1.Cl.Cl. The van der Waals surface area contributed by atoms with E-state index in [0.29, 0.717) is 19.3 Å². The Hall–Kier alpha value is -4.58. The van der Waals surface area contributed by atoms with E-state index in [1.165, 1.54) is 40.7 Å². The predicted octanol–water partition coefficient (Wildman–Crippen LogP) is 12.4. The number of unbranched alkanes of at least 4 members (excludes halogenated alkanes) is 1. The number of hydrogen-bond donors (Lipinski definition) is 1. The van der Waals surface area contributed by atoms with Gasteiger partial charge in [0, 0.05) is 24.5 Å². The van der Waals surface area contributed by atoms with Crippen LogP contribution in [0.25, 0.3) is 0 Å². The smallest absolute Gasteiger partial charge is 0.119 e. The Bertz CT molecular complexity index is 1880. The molecular weight excluding hydrogens is 731 g/mol. The third-order valence-electron chi connectivity index (χ3n) is 10.7. The number of likely N-dealkylation sites (tertiary alicyclic amines) is 1. The molecule has 0 bridgehead atoms. The number of nitrogens with zero attached hydrogens (tertiary/aromatic N) is 1.